The smallest absolute Gasteiger partial charge is 0.225 e. The van der Waals surface area contributed by atoms with Gasteiger partial charge in [0.25, 0.3) is 0 Å². The summed E-state index contributed by atoms with van der Waals surface area (Å²) < 4.78 is 0. The molecule has 1 unspecified atom stereocenters. The van der Waals surface area contributed by atoms with Gasteiger partial charge in [0, 0.05) is 31.0 Å². The monoisotopic (exact) mass is 250 g/mol. The molecule has 2 saturated carbocycles. The fourth-order valence-corrected chi connectivity index (χ4v) is 3.57. The lowest BCUT2D eigenvalue weighted by Gasteiger charge is -2.46. The molecule has 3 rings (SSSR count). The predicted octanol–water partition coefficient (Wildman–Crippen LogP) is 1.16. The van der Waals surface area contributed by atoms with Gasteiger partial charge in [-0.15, -0.1) is 0 Å². The van der Waals surface area contributed by atoms with Crippen LogP contribution in [-0.2, 0) is 9.59 Å². The zero-order valence-electron chi connectivity index (χ0n) is 11.2. The summed E-state index contributed by atoms with van der Waals surface area (Å²) in [6, 6.07) is 0. The Morgan fingerprint density at radius 1 is 1.28 bits per heavy atom. The van der Waals surface area contributed by atoms with Crippen molar-refractivity contribution in [1.82, 2.24) is 10.2 Å². The molecule has 0 aromatic carbocycles. The zero-order valence-corrected chi connectivity index (χ0v) is 11.2. The van der Waals surface area contributed by atoms with Crippen molar-refractivity contribution >= 4 is 11.8 Å². The van der Waals surface area contributed by atoms with Crippen LogP contribution in [0.1, 0.15) is 39.5 Å². The third kappa shape index (κ3) is 2.02. The summed E-state index contributed by atoms with van der Waals surface area (Å²) >= 11 is 0. The molecule has 1 aliphatic heterocycles. The van der Waals surface area contributed by atoms with E-state index in [9.17, 15) is 9.59 Å². The van der Waals surface area contributed by atoms with E-state index in [-0.39, 0.29) is 17.4 Å². The molecule has 2 atom stereocenters. The van der Waals surface area contributed by atoms with E-state index in [0.29, 0.717) is 12.3 Å². The average Bonchev–Trinajstić information content (AvgIpc) is 2.91. The number of hydrogen-bond donors (Lipinski definition) is 1. The molecule has 100 valence electrons. The van der Waals surface area contributed by atoms with Crippen molar-refractivity contribution in [3.63, 3.8) is 0 Å². The number of carbonyl (C=O) groups is 2. The standard InChI is InChI=1S/C14H22N2O2/c1-3-12(17)15-14(2)5-11(6-14)13(18)16-7-9-4-10(9)8-16/h9-11H,3-8H2,1-2H3,(H,15,17)/t9-,10?,11?,14?/m1/s1. The van der Waals surface area contributed by atoms with Crippen LogP contribution in [0, 0.1) is 17.8 Å². The van der Waals surface area contributed by atoms with Crippen LogP contribution in [0.3, 0.4) is 0 Å². The normalized spacial score (nSPS) is 41.0. The molecule has 3 aliphatic rings. The van der Waals surface area contributed by atoms with E-state index in [1.165, 1.54) is 6.42 Å². The first-order valence-electron chi connectivity index (χ1n) is 7.10. The van der Waals surface area contributed by atoms with Crippen LogP contribution in [0.4, 0.5) is 0 Å². The Balaban J connectivity index is 1.49. The van der Waals surface area contributed by atoms with E-state index in [4.69, 9.17) is 0 Å². The van der Waals surface area contributed by atoms with Gasteiger partial charge in [-0.25, -0.2) is 0 Å². The molecule has 1 N–H and O–H groups in total. The number of hydrogen-bond acceptors (Lipinski definition) is 2. The van der Waals surface area contributed by atoms with Gasteiger partial charge in [-0.2, -0.15) is 0 Å². The second kappa shape index (κ2) is 3.97. The molecule has 2 amide bonds. The number of nitrogens with zero attached hydrogens (tertiary/aromatic N) is 1. The van der Waals surface area contributed by atoms with Crippen molar-refractivity contribution in [2.75, 3.05) is 13.1 Å². The van der Waals surface area contributed by atoms with Crippen molar-refractivity contribution in [2.45, 2.75) is 45.1 Å². The van der Waals surface area contributed by atoms with E-state index in [1.807, 2.05) is 18.7 Å². The van der Waals surface area contributed by atoms with Gasteiger partial charge >= 0.3 is 0 Å². The van der Waals surface area contributed by atoms with Crippen LogP contribution in [0.5, 0.6) is 0 Å². The van der Waals surface area contributed by atoms with Gasteiger partial charge in [-0.3, -0.25) is 9.59 Å². The summed E-state index contributed by atoms with van der Waals surface area (Å²) in [5, 5.41) is 3.03. The molecule has 4 nitrogen and oxygen atoms in total. The van der Waals surface area contributed by atoms with E-state index < -0.39 is 0 Å². The average molecular weight is 250 g/mol. The number of fused-ring (bicyclic) bond motifs is 1. The van der Waals surface area contributed by atoms with Crippen LogP contribution in [0.15, 0.2) is 0 Å². The summed E-state index contributed by atoms with van der Waals surface area (Å²) in [6.07, 6.45) is 3.47. The molecule has 0 radical (unpaired) electrons. The van der Waals surface area contributed by atoms with Crippen molar-refractivity contribution in [3.8, 4) is 0 Å². The Bertz CT molecular complexity index is 377. The molecule has 3 fully saturated rings. The second-order valence-corrected chi connectivity index (χ2v) is 6.57. The van der Waals surface area contributed by atoms with Crippen molar-refractivity contribution in [2.24, 2.45) is 17.8 Å². The Morgan fingerprint density at radius 2 is 1.89 bits per heavy atom. The van der Waals surface area contributed by atoms with Gasteiger partial charge in [0.15, 0.2) is 0 Å². The number of nitrogens with one attached hydrogen (secondary N) is 1. The number of rotatable bonds is 3. The first-order chi connectivity index (χ1) is 8.50. The third-order valence-electron chi connectivity index (χ3n) is 4.80. The molecular weight excluding hydrogens is 228 g/mol. The lowest BCUT2D eigenvalue weighted by molar-refractivity contribution is -0.142. The van der Waals surface area contributed by atoms with Crippen LogP contribution in [-0.4, -0.2) is 35.3 Å². The number of piperidine rings is 1. The van der Waals surface area contributed by atoms with Crippen molar-refractivity contribution in [3.05, 3.63) is 0 Å². The minimum absolute atomic E-state index is 0.0887. The summed E-state index contributed by atoms with van der Waals surface area (Å²) in [5.41, 5.74) is -0.143. The molecule has 1 heterocycles. The van der Waals surface area contributed by atoms with Gasteiger partial charge in [0.05, 0.1) is 0 Å². The minimum atomic E-state index is -0.143. The van der Waals surface area contributed by atoms with Crippen molar-refractivity contribution in [1.29, 1.82) is 0 Å². The maximum Gasteiger partial charge on any atom is 0.225 e. The first kappa shape index (κ1) is 12.0. The van der Waals surface area contributed by atoms with Crippen LogP contribution < -0.4 is 5.32 Å². The third-order valence-corrected chi connectivity index (χ3v) is 4.80. The largest absolute Gasteiger partial charge is 0.351 e. The second-order valence-electron chi connectivity index (χ2n) is 6.57. The Kier molecular flexibility index (Phi) is 2.65. The summed E-state index contributed by atoms with van der Waals surface area (Å²) in [4.78, 5) is 25.7. The Labute approximate surface area is 108 Å². The van der Waals surface area contributed by atoms with E-state index in [0.717, 1.165) is 37.8 Å². The molecule has 0 bridgehead atoms. The highest BCUT2D eigenvalue weighted by molar-refractivity contribution is 5.82. The fraction of sp³-hybridized carbons (Fsp3) is 0.857. The Morgan fingerprint density at radius 3 is 2.44 bits per heavy atom. The molecule has 2 aliphatic carbocycles. The lowest BCUT2D eigenvalue weighted by atomic mass is 9.68. The molecule has 1 saturated heterocycles. The molecule has 0 spiro atoms. The molecule has 0 aromatic heterocycles. The van der Waals surface area contributed by atoms with Gasteiger partial charge in [-0.05, 0) is 38.0 Å². The number of carbonyl (C=O) groups excluding carboxylic acids is 2. The molecule has 0 aromatic rings. The van der Waals surface area contributed by atoms with Crippen LogP contribution >= 0.6 is 0 Å². The SMILES string of the molecule is CCC(=O)NC1(C)CC(C(=O)N2CC3C[C@@H]3C2)C1. The number of amides is 2. The highest BCUT2D eigenvalue weighted by atomic mass is 16.2. The maximum atomic E-state index is 12.3. The van der Waals surface area contributed by atoms with E-state index in [2.05, 4.69) is 5.32 Å². The maximum absolute atomic E-state index is 12.3. The van der Waals surface area contributed by atoms with Crippen LogP contribution in [0.2, 0.25) is 0 Å². The van der Waals surface area contributed by atoms with Gasteiger partial charge in [0.1, 0.15) is 0 Å². The quantitative estimate of drug-likeness (QED) is 0.817. The summed E-state index contributed by atoms with van der Waals surface area (Å²) in [6.45, 7) is 5.87. The zero-order chi connectivity index (χ0) is 12.9. The highest BCUT2D eigenvalue weighted by Crippen LogP contribution is 2.47. The summed E-state index contributed by atoms with van der Waals surface area (Å²) in [5.74, 6) is 2.17. The lowest BCUT2D eigenvalue weighted by Crippen LogP contribution is -2.58. The van der Waals surface area contributed by atoms with E-state index in [1.54, 1.807) is 0 Å². The van der Waals surface area contributed by atoms with Gasteiger partial charge in [-0.1, -0.05) is 6.92 Å². The minimum Gasteiger partial charge on any atom is -0.351 e. The first-order valence-corrected chi connectivity index (χ1v) is 7.10. The van der Waals surface area contributed by atoms with Crippen LogP contribution in [0.25, 0.3) is 0 Å². The summed E-state index contributed by atoms with van der Waals surface area (Å²) in [7, 11) is 0. The molecule has 4 heteroatoms. The van der Waals surface area contributed by atoms with Crippen molar-refractivity contribution < 1.29 is 9.59 Å². The molecular formula is C14H22N2O2. The topological polar surface area (TPSA) is 49.4 Å². The Hall–Kier alpha value is -1.06. The van der Waals surface area contributed by atoms with E-state index >= 15 is 0 Å². The molecule has 18 heavy (non-hydrogen) atoms. The van der Waals surface area contributed by atoms with Gasteiger partial charge in [0.2, 0.25) is 11.8 Å². The fourth-order valence-electron chi connectivity index (χ4n) is 3.57. The predicted molar refractivity (Wildman–Crippen MR) is 67.7 cm³/mol. The van der Waals surface area contributed by atoms with Gasteiger partial charge < -0.3 is 10.2 Å². The highest BCUT2D eigenvalue weighted by Gasteiger charge is 2.51. The number of likely N-dealkylation sites (tertiary alicyclic amines) is 1.